The van der Waals surface area contributed by atoms with Crippen molar-refractivity contribution in [2.75, 3.05) is 26.0 Å². The quantitative estimate of drug-likeness (QED) is 0.884. The van der Waals surface area contributed by atoms with E-state index < -0.39 is 0 Å². The molecular weight excluding hydrogens is 310 g/mol. The molecule has 2 aromatic rings. The lowest BCUT2D eigenvalue weighted by molar-refractivity contribution is 0.247. The van der Waals surface area contributed by atoms with Gasteiger partial charge in [0.1, 0.15) is 0 Å². The highest BCUT2D eigenvalue weighted by molar-refractivity contribution is 7.10. The van der Waals surface area contributed by atoms with Crippen molar-refractivity contribution in [3.05, 3.63) is 34.3 Å². The van der Waals surface area contributed by atoms with Gasteiger partial charge >= 0.3 is 6.03 Å². The van der Waals surface area contributed by atoms with E-state index in [4.69, 9.17) is 0 Å². The minimum Gasteiger partial charge on any atom is -0.331 e. The molecule has 0 saturated heterocycles. The van der Waals surface area contributed by atoms with Gasteiger partial charge in [-0.25, -0.2) is 4.79 Å². The average molecular weight is 333 g/mol. The molecule has 0 fully saturated rings. The van der Waals surface area contributed by atoms with E-state index in [9.17, 15) is 4.79 Å². The van der Waals surface area contributed by atoms with E-state index in [2.05, 4.69) is 32.1 Å². The van der Waals surface area contributed by atoms with Crippen molar-refractivity contribution in [1.29, 1.82) is 0 Å². The fraction of sp³-hybridized carbons (Fsp3) is 0.500. The predicted molar refractivity (Wildman–Crippen MR) is 92.9 cm³/mol. The Labute approximate surface area is 140 Å². The number of hydrogen-bond acceptors (Lipinski definition) is 4. The van der Waals surface area contributed by atoms with Crippen molar-refractivity contribution in [2.45, 2.75) is 31.8 Å². The lowest BCUT2D eigenvalue weighted by Crippen LogP contribution is -2.33. The molecule has 2 heterocycles. The normalized spacial score (nSPS) is 17.1. The summed E-state index contributed by atoms with van der Waals surface area (Å²) in [6.45, 7) is 1.72. The summed E-state index contributed by atoms with van der Waals surface area (Å²) in [6.07, 6.45) is 6.80. The van der Waals surface area contributed by atoms with Crippen molar-refractivity contribution in [1.82, 2.24) is 20.0 Å². The lowest BCUT2D eigenvalue weighted by Gasteiger charge is -2.23. The summed E-state index contributed by atoms with van der Waals surface area (Å²) in [5, 5.41) is 12.3. The molecular formula is C16H23N5OS. The number of nitrogens with one attached hydrogen (secondary N) is 2. The number of carbonyl (C=O) groups excluding carboxylic acids is 1. The van der Waals surface area contributed by atoms with Gasteiger partial charge in [-0.3, -0.25) is 4.68 Å². The van der Waals surface area contributed by atoms with Crippen molar-refractivity contribution in [2.24, 2.45) is 0 Å². The molecule has 1 atom stereocenters. The summed E-state index contributed by atoms with van der Waals surface area (Å²) in [4.78, 5) is 15.7. The van der Waals surface area contributed by atoms with E-state index in [0.717, 1.165) is 38.0 Å². The second kappa shape index (κ2) is 7.14. The van der Waals surface area contributed by atoms with Gasteiger partial charge < -0.3 is 15.5 Å². The van der Waals surface area contributed by atoms with Gasteiger partial charge in [-0.1, -0.05) is 0 Å². The third kappa shape index (κ3) is 4.11. The summed E-state index contributed by atoms with van der Waals surface area (Å²) < 4.78 is 1.84. The van der Waals surface area contributed by atoms with Crippen molar-refractivity contribution >= 4 is 23.1 Å². The highest BCUT2D eigenvalue weighted by Gasteiger charge is 2.22. The Morgan fingerprint density at radius 2 is 2.39 bits per heavy atom. The van der Waals surface area contributed by atoms with Crippen molar-refractivity contribution in [3.63, 3.8) is 0 Å². The molecule has 2 N–H and O–H groups in total. The summed E-state index contributed by atoms with van der Waals surface area (Å²) in [6, 6.07) is 2.08. The third-order valence-corrected chi connectivity index (χ3v) is 5.02. The molecule has 2 amide bonds. The Bertz CT molecular complexity index is 663. The van der Waals surface area contributed by atoms with E-state index in [1.807, 2.05) is 25.0 Å². The maximum absolute atomic E-state index is 12.2. The van der Waals surface area contributed by atoms with Crippen molar-refractivity contribution in [3.8, 4) is 0 Å². The van der Waals surface area contributed by atoms with Crippen LogP contribution in [0.5, 0.6) is 0 Å². The molecule has 124 valence electrons. The van der Waals surface area contributed by atoms with Gasteiger partial charge in [0.25, 0.3) is 0 Å². The van der Waals surface area contributed by atoms with Crippen LogP contribution in [0.3, 0.4) is 0 Å². The highest BCUT2D eigenvalue weighted by Crippen LogP contribution is 2.33. The maximum atomic E-state index is 12.2. The number of nitrogens with zero attached hydrogens (tertiary/aromatic N) is 3. The molecule has 0 unspecified atom stereocenters. The zero-order chi connectivity index (χ0) is 16.2. The fourth-order valence-corrected chi connectivity index (χ4v) is 3.80. The molecule has 1 aliphatic rings. The number of carbonyl (C=O) groups is 1. The zero-order valence-corrected chi connectivity index (χ0v) is 14.4. The summed E-state index contributed by atoms with van der Waals surface area (Å²) >= 11 is 1.78. The van der Waals surface area contributed by atoms with Gasteiger partial charge in [-0.2, -0.15) is 5.10 Å². The van der Waals surface area contributed by atoms with Crippen LogP contribution < -0.4 is 10.6 Å². The second-order valence-corrected chi connectivity index (χ2v) is 7.14. The third-order valence-electron chi connectivity index (χ3n) is 4.02. The molecule has 7 heteroatoms. The minimum atomic E-state index is -0.166. The number of fused-ring (bicyclic) bond motifs is 1. The van der Waals surface area contributed by atoms with Crippen LogP contribution in [0.4, 0.5) is 10.5 Å². The summed E-state index contributed by atoms with van der Waals surface area (Å²) in [5.74, 6) is 0. The highest BCUT2D eigenvalue weighted by atomic mass is 32.1. The number of aryl methyl sites for hydroxylation is 1. The van der Waals surface area contributed by atoms with Crippen molar-refractivity contribution < 1.29 is 4.79 Å². The first-order valence-electron chi connectivity index (χ1n) is 7.93. The molecule has 0 bridgehead atoms. The van der Waals surface area contributed by atoms with Gasteiger partial charge in [0, 0.05) is 17.6 Å². The van der Waals surface area contributed by atoms with E-state index >= 15 is 0 Å². The number of rotatable bonds is 5. The number of hydrogen-bond donors (Lipinski definition) is 2. The molecule has 23 heavy (non-hydrogen) atoms. The van der Waals surface area contributed by atoms with Gasteiger partial charge in [-0.05, 0) is 50.4 Å². The SMILES string of the molecule is CN(C)CCn1cc(NC(=O)N[C@H]2CCCc3sccc32)cn1. The Kier molecular flexibility index (Phi) is 4.97. The predicted octanol–water partition coefficient (Wildman–Crippen LogP) is 2.71. The number of thiophene rings is 1. The van der Waals surface area contributed by atoms with Crippen LogP contribution in [-0.2, 0) is 13.0 Å². The first kappa shape index (κ1) is 16.0. The zero-order valence-electron chi connectivity index (χ0n) is 13.6. The van der Waals surface area contributed by atoms with E-state index in [1.165, 1.54) is 10.4 Å². The second-order valence-electron chi connectivity index (χ2n) is 6.14. The average Bonchev–Trinajstić information content (AvgIpc) is 3.14. The van der Waals surface area contributed by atoms with Gasteiger partial charge in [-0.15, -0.1) is 11.3 Å². The van der Waals surface area contributed by atoms with Crippen LogP contribution >= 0.6 is 11.3 Å². The number of likely N-dealkylation sites (N-methyl/N-ethyl adjacent to an activating group) is 1. The summed E-state index contributed by atoms with van der Waals surface area (Å²) in [7, 11) is 4.05. The molecule has 6 nitrogen and oxygen atoms in total. The Morgan fingerprint density at radius 3 is 3.22 bits per heavy atom. The van der Waals surface area contributed by atoms with E-state index in [1.54, 1.807) is 17.5 Å². The molecule has 0 saturated carbocycles. The monoisotopic (exact) mass is 333 g/mol. The van der Waals surface area contributed by atoms with Gasteiger partial charge in [0.15, 0.2) is 0 Å². The molecule has 1 aliphatic carbocycles. The van der Waals surface area contributed by atoms with Crippen LogP contribution in [0, 0.1) is 0 Å². The Balaban J connectivity index is 1.54. The first-order chi connectivity index (χ1) is 11.1. The molecule has 0 radical (unpaired) electrons. The lowest BCUT2D eigenvalue weighted by atomic mass is 9.94. The smallest absolute Gasteiger partial charge is 0.319 e. The largest absolute Gasteiger partial charge is 0.331 e. The number of urea groups is 1. The van der Waals surface area contributed by atoms with Crippen LogP contribution in [-0.4, -0.2) is 41.4 Å². The molecule has 0 spiro atoms. The van der Waals surface area contributed by atoms with Crippen LogP contribution in [0.2, 0.25) is 0 Å². The Morgan fingerprint density at radius 1 is 1.52 bits per heavy atom. The standard InChI is InChI=1S/C16H23N5OS/c1-20(2)7-8-21-11-12(10-17-21)18-16(22)19-14-4-3-5-15-13(14)6-9-23-15/h6,9-11,14H,3-5,7-8H2,1-2H3,(H2,18,19,22)/t14-/m0/s1. The number of aromatic nitrogens is 2. The minimum absolute atomic E-state index is 0.119. The van der Waals surface area contributed by atoms with E-state index in [0.29, 0.717) is 0 Å². The fourth-order valence-electron chi connectivity index (χ4n) is 2.81. The van der Waals surface area contributed by atoms with Crippen LogP contribution in [0.25, 0.3) is 0 Å². The van der Waals surface area contributed by atoms with Crippen LogP contribution in [0.1, 0.15) is 29.3 Å². The van der Waals surface area contributed by atoms with E-state index in [-0.39, 0.29) is 12.1 Å². The number of amides is 2. The van der Waals surface area contributed by atoms with Gasteiger partial charge in [0.05, 0.1) is 24.5 Å². The molecule has 2 aromatic heterocycles. The molecule has 3 rings (SSSR count). The Hall–Kier alpha value is -1.86. The van der Waals surface area contributed by atoms with Gasteiger partial charge in [0.2, 0.25) is 0 Å². The summed E-state index contributed by atoms with van der Waals surface area (Å²) in [5.41, 5.74) is 2.00. The maximum Gasteiger partial charge on any atom is 0.319 e. The van der Waals surface area contributed by atoms with Crippen LogP contribution in [0.15, 0.2) is 23.8 Å². The number of anilines is 1. The topological polar surface area (TPSA) is 62.2 Å². The first-order valence-corrected chi connectivity index (χ1v) is 8.81. The molecule has 0 aliphatic heterocycles. The molecule has 0 aromatic carbocycles.